The molecule has 0 amide bonds. The molecular formula is C122H82N8. The fourth-order valence-electron chi connectivity index (χ4n) is 22.9. The zero-order valence-corrected chi connectivity index (χ0v) is 72.5. The van der Waals surface area contributed by atoms with Gasteiger partial charge in [-0.25, -0.2) is 0 Å². The topological polar surface area (TPSA) is 103 Å². The Hall–Kier alpha value is -16.2. The summed E-state index contributed by atoms with van der Waals surface area (Å²) in [4.78, 5) is 38.8. The molecular weight excluding hydrogens is 1580 g/mol. The van der Waals surface area contributed by atoms with E-state index in [2.05, 4.69) is 338 Å². The molecule has 5 aliphatic rings. The zero-order chi connectivity index (χ0) is 86.3. The molecule has 0 aliphatic heterocycles. The Morgan fingerprint density at radius 1 is 0.192 bits per heavy atom. The van der Waals surface area contributed by atoms with E-state index in [1.165, 1.54) is 252 Å². The summed E-state index contributed by atoms with van der Waals surface area (Å²) < 4.78 is 0. The molecule has 0 spiro atoms. The number of fused-ring (bicyclic) bond motifs is 50. The van der Waals surface area contributed by atoms with E-state index in [4.69, 9.17) is 39.9 Å². The van der Waals surface area contributed by atoms with Crippen LogP contribution in [0.3, 0.4) is 0 Å². The Kier molecular flexibility index (Phi) is 17.0. The Morgan fingerprint density at radius 2 is 0.546 bits per heavy atom. The van der Waals surface area contributed by atoms with Crippen LogP contribution in [0.15, 0.2) is 347 Å². The summed E-state index contributed by atoms with van der Waals surface area (Å²) in [5.74, 6) is 0. The standard InChI is InChI=1S/2C25H17N.3C24H16N2/c1-15-22-14-16-8-2-3-9-17(16)23(22)24-20-12-6-4-10-18(20)19-11-5-7-13-21(19)25(24)26-15;1-15-12-13-26-25-22(15)14-16-10-11-21-19-8-3-2-6-17(19)18-7-4-5-9-20(18)24(21)23(16)25;1-14-6-4-9-18-20(14)12-15-13-26-24-22(21(15)18)17-8-3-2-7-16(17)19-10-5-11-25-23(19)24;1-14-20-13-15-7-2-3-8-16(15)21(20)22-18-10-5-4-9-17(18)19-11-6-12-25-23(19)24(22)26-14;1-14-8-9-15-12-16-13-26-24-22(21(16)20(15)11-14)18-6-3-2-5-17(18)19-7-4-10-25-23(19)24/h2*2-13H,14H2,1H3;2-11,13H,12H2,1H3;2-12H,13H2,1H3;2-11,13H,12H2,1H3. The number of pyridine rings is 8. The van der Waals surface area contributed by atoms with Crippen molar-refractivity contribution in [1.29, 1.82) is 0 Å². The number of nitrogens with zero attached hydrogens (tertiary/aromatic N) is 8. The molecule has 8 aromatic heterocycles. The third-order valence-electron chi connectivity index (χ3n) is 28.7. The summed E-state index contributed by atoms with van der Waals surface area (Å²) >= 11 is 0. The van der Waals surface area contributed by atoms with Gasteiger partial charge in [-0.3, -0.25) is 39.9 Å². The Labute approximate surface area is 750 Å². The molecule has 17 aromatic carbocycles. The number of hydrogen-bond acceptors (Lipinski definition) is 8. The first-order valence-corrected chi connectivity index (χ1v) is 45.2. The van der Waals surface area contributed by atoms with Crippen LogP contribution in [0.5, 0.6) is 0 Å². The highest BCUT2D eigenvalue weighted by Gasteiger charge is 2.32. The quantitative estimate of drug-likeness (QED) is 0.138. The first-order chi connectivity index (χ1) is 64.1. The van der Waals surface area contributed by atoms with Gasteiger partial charge in [-0.15, -0.1) is 0 Å². The van der Waals surface area contributed by atoms with Gasteiger partial charge in [-0.1, -0.05) is 291 Å². The first kappa shape index (κ1) is 75.2. The van der Waals surface area contributed by atoms with E-state index >= 15 is 0 Å². The number of rotatable bonds is 0. The zero-order valence-electron chi connectivity index (χ0n) is 72.5. The van der Waals surface area contributed by atoms with E-state index in [1.807, 2.05) is 43.0 Å². The fourth-order valence-corrected chi connectivity index (χ4v) is 22.9. The molecule has 30 rings (SSSR count). The normalized spacial score (nSPS) is 12.7. The predicted octanol–water partition coefficient (Wildman–Crippen LogP) is 30.3. The van der Waals surface area contributed by atoms with E-state index in [9.17, 15) is 0 Å². The van der Waals surface area contributed by atoms with Crippen LogP contribution in [0.2, 0.25) is 0 Å². The number of aromatic nitrogens is 8. The average molecular weight is 1660 g/mol. The lowest BCUT2D eigenvalue weighted by atomic mass is 9.90. The van der Waals surface area contributed by atoms with Crippen LogP contribution < -0.4 is 0 Å². The summed E-state index contributed by atoms with van der Waals surface area (Å²) in [6.07, 6.45) is 16.5. The van der Waals surface area contributed by atoms with Crippen LogP contribution >= 0.6 is 0 Å². The molecule has 0 saturated heterocycles. The summed E-state index contributed by atoms with van der Waals surface area (Å²) in [6.45, 7) is 10.9. The summed E-state index contributed by atoms with van der Waals surface area (Å²) in [7, 11) is 0. The lowest BCUT2D eigenvalue weighted by molar-refractivity contribution is 1.14. The third-order valence-corrected chi connectivity index (χ3v) is 28.7. The minimum absolute atomic E-state index is 0.961. The highest BCUT2D eigenvalue weighted by atomic mass is 14.8. The third kappa shape index (κ3) is 11.4. The van der Waals surface area contributed by atoms with Crippen molar-refractivity contribution in [1.82, 2.24) is 39.9 Å². The molecule has 130 heavy (non-hydrogen) atoms. The average Bonchev–Trinajstić information content (AvgIpc) is 1.47. The van der Waals surface area contributed by atoms with Gasteiger partial charge < -0.3 is 0 Å². The molecule has 610 valence electrons. The number of aryl methyl sites for hydroxylation is 5. The van der Waals surface area contributed by atoms with Crippen molar-refractivity contribution in [2.75, 3.05) is 0 Å². The lowest BCUT2D eigenvalue weighted by Gasteiger charge is -2.15. The Balaban J connectivity index is 0.0000000856. The van der Waals surface area contributed by atoms with Crippen LogP contribution in [0.25, 0.3) is 218 Å². The van der Waals surface area contributed by atoms with Gasteiger partial charge >= 0.3 is 0 Å². The van der Waals surface area contributed by atoms with Gasteiger partial charge in [0, 0.05) is 129 Å². The molecule has 0 radical (unpaired) electrons. The summed E-state index contributed by atoms with van der Waals surface area (Å²) in [5.41, 5.74) is 40.6. The maximum absolute atomic E-state index is 5.11. The van der Waals surface area contributed by atoms with E-state index in [0.29, 0.717) is 0 Å². The summed E-state index contributed by atoms with van der Waals surface area (Å²) in [5, 5.41) is 29.2. The van der Waals surface area contributed by atoms with Crippen molar-refractivity contribution in [3.05, 3.63) is 430 Å². The minimum atomic E-state index is 0.961. The Bertz CT molecular complexity index is 8600. The van der Waals surface area contributed by atoms with Crippen molar-refractivity contribution in [2.24, 2.45) is 0 Å². The number of hydrogen-bond donors (Lipinski definition) is 0. The molecule has 8 nitrogen and oxygen atoms in total. The van der Waals surface area contributed by atoms with Gasteiger partial charge in [0.2, 0.25) is 0 Å². The maximum atomic E-state index is 5.11. The molecule has 5 aliphatic carbocycles. The second-order valence-electron chi connectivity index (χ2n) is 35.8. The summed E-state index contributed by atoms with van der Waals surface area (Å²) in [6, 6.07) is 111. The van der Waals surface area contributed by atoms with Crippen molar-refractivity contribution < 1.29 is 0 Å². The Morgan fingerprint density at radius 3 is 1.08 bits per heavy atom. The van der Waals surface area contributed by atoms with Gasteiger partial charge in [-0.05, 0) is 251 Å². The molecule has 8 heterocycles. The van der Waals surface area contributed by atoms with Gasteiger partial charge in [0.25, 0.3) is 0 Å². The molecule has 0 saturated carbocycles. The highest BCUT2D eigenvalue weighted by molar-refractivity contribution is 6.33. The molecule has 0 unspecified atom stereocenters. The molecule has 0 bridgehead atoms. The van der Waals surface area contributed by atoms with Crippen LogP contribution in [0, 0.1) is 34.6 Å². The van der Waals surface area contributed by atoms with Crippen molar-refractivity contribution in [2.45, 2.75) is 66.7 Å². The second kappa shape index (κ2) is 29.5. The smallest absolute Gasteiger partial charge is 0.0980 e. The maximum Gasteiger partial charge on any atom is 0.0980 e. The van der Waals surface area contributed by atoms with Crippen molar-refractivity contribution >= 4 is 163 Å². The van der Waals surface area contributed by atoms with E-state index < -0.39 is 0 Å². The molecule has 0 fully saturated rings. The molecule has 0 N–H and O–H groups in total. The predicted molar refractivity (Wildman–Crippen MR) is 542 cm³/mol. The molecule has 0 atom stereocenters. The van der Waals surface area contributed by atoms with Crippen LogP contribution in [0.1, 0.15) is 83.7 Å². The van der Waals surface area contributed by atoms with Gasteiger partial charge in [0.1, 0.15) is 0 Å². The molecule has 25 aromatic rings. The van der Waals surface area contributed by atoms with Crippen molar-refractivity contribution in [3.8, 4) is 55.8 Å². The first-order valence-electron chi connectivity index (χ1n) is 45.2. The second-order valence-corrected chi connectivity index (χ2v) is 35.8. The van der Waals surface area contributed by atoms with Gasteiger partial charge in [0.15, 0.2) is 0 Å². The van der Waals surface area contributed by atoms with Gasteiger partial charge in [0.05, 0.1) is 44.3 Å². The molecule has 8 heteroatoms. The van der Waals surface area contributed by atoms with Gasteiger partial charge in [-0.2, -0.15) is 0 Å². The van der Waals surface area contributed by atoms with E-state index in [-0.39, 0.29) is 0 Å². The minimum Gasteiger partial charge on any atom is -0.256 e. The van der Waals surface area contributed by atoms with Crippen LogP contribution in [-0.2, 0) is 32.1 Å². The SMILES string of the molecule is Cc1ccc2c(c1)-c1c(cnc3c4ncccc4c4ccccc4c13)C2.Cc1cccc2c1Cc1cnc3c4ncccc4c4ccccc4c3c1-2.Cc1ccnc2c1Cc1ccc3c4ccccc4c4ccccc4c3c1-2.Cc1nc2c3ccccc3c3ccccc3c2c2c1Cc1ccccc1-2.Cc1nc2c3ncccc3c3ccccc3c2c2c1Cc1ccccc1-2. The van der Waals surface area contributed by atoms with Crippen LogP contribution in [0.4, 0.5) is 0 Å². The van der Waals surface area contributed by atoms with E-state index in [1.54, 1.807) is 0 Å². The highest BCUT2D eigenvalue weighted by Crippen LogP contribution is 2.53. The van der Waals surface area contributed by atoms with Crippen LogP contribution in [-0.4, -0.2) is 39.9 Å². The van der Waals surface area contributed by atoms with Crippen molar-refractivity contribution in [3.63, 3.8) is 0 Å². The fraction of sp³-hybridized carbons (Fsp3) is 0.0820. The largest absolute Gasteiger partial charge is 0.256 e. The van der Waals surface area contributed by atoms with E-state index in [0.717, 1.165) is 82.1 Å². The lowest BCUT2D eigenvalue weighted by Crippen LogP contribution is -1.96. The number of benzene rings is 17. The monoisotopic (exact) mass is 1660 g/mol.